The molecule has 0 aliphatic rings. The minimum absolute atomic E-state index is 0.0470. The van der Waals surface area contributed by atoms with Crippen molar-refractivity contribution < 1.29 is 19.8 Å². The van der Waals surface area contributed by atoms with Gasteiger partial charge in [0.15, 0.2) is 5.75 Å². The average molecular weight is 289 g/mol. The Kier molecular flexibility index (Phi) is 3.93. The Morgan fingerprint density at radius 3 is 2.67 bits per heavy atom. The van der Waals surface area contributed by atoms with E-state index in [0.717, 1.165) is 0 Å². The Labute approximate surface area is 120 Å². The maximum Gasteiger partial charge on any atom is 0.339 e. The number of carboxylic acids is 1. The summed E-state index contributed by atoms with van der Waals surface area (Å²) in [6, 6.07) is 4.14. The summed E-state index contributed by atoms with van der Waals surface area (Å²) in [6.45, 7) is 1.88. The van der Waals surface area contributed by atoms with Gasteiger partial charge in [-0.2, -0.15) is 5.10 Å². The third kappa shape index (κ3) is 2.86. The number of hydrogen-bond acceptors (Lipinski definition) is 4. The molecule has 21 heavy (non-hydrogen) atoms. The number of carbonyl (C=O) groups excluding carboxylic acids is 1. The zero-order chi connectivity index (χ0) is 15.6. The molecule has 3 N–H and O–H groups in total. The largest absolute Gasteiger partial charge is 0.505 e. The Bertz CT molecular complexity index is 706. The number of aryl methyl sites for hydroxylation is 2. The van der Waals surface area contributed by atoms with Crippen molar-refractivity contribution in [3.8, 4) is 5.75 Å². The number of nitrogens with zero attached hydrogens (tertiary/aromatic N) is 2. The van der Waals surface area contributed by atoms with Gasteiger partial charge in [0.1, 0.15) is 5.56 Å². The van der Waals surface area contributed by atoms with Crippen LogP contribution in [0.3, 0.4) is 0 Å². The summed E-state index contributed by atoms with van der Waals surface area (Å²) < 4.78 is 1.53. The molecule has 0 radical (unpaired) electrons. The van der Waals surface area contributed by atoms with E-state index in [1.165, 1.54) is 22.9 Å². The van der Waals surface area contributed by atoms with E-state index in [4.69, 9.17) is 5.11 Å². The number of rotatable bonds is 4. The number of phenols is 1. The molecule has 0 aliphatic heterocycles. The Morgan fingerprint density at radius 1 is 1.33 bits per heavy atom. The first-order valence-electron chi connectivity index (χ1n) is 6.33. The van der Waals surface area contributed by atoms with Crippen LogP contribution in [0.4, 0.5) is 5.69 Å². The highest BCUT2D eigenvalue weighted by Crippen LogP contribution is 2.28. The molecule has 110 valence electrons. The molecule has 7 heteroatoms. The zero-order valence-electron chi connectivity index (χ0n) is 11.6. The SMILES string of the molecule is CCc1nn(C)cc1C(=O)Nc1cccc(C(=O)O)c1O. The van der Waals surface area contributed by atoms with E-state index in [1.54, 1.807) is 13.2 Å². The third-order valence-electron chi connectivity index (χ3n) is 3.00. The molecule has 1 aromatic heterocycles. The van der Waals surface area contributed by atoms with Crippen LogP contribution in [0.2, 0.25) is 0 Å². The molecule has 2 rings (SSSR count). The van der Waals surface area contributed by atoms with Crippen LogP contribution in [0.25, 0.3) is 0 Å². The first-order valence-corrected chi connectivity index (χ1v) is 6.33. The van der Waals surface area contributed by atoms with E-state index in [2.05, 4.69) is 10.4 Å². The fourth-order valence-electron chi connectivity index (χ4n) is 1.99. The zero-order valence-corrected chi connectivity index (χ0v) is 11.6. The number of aromatic nitrogens is 2. The van der Waals surface area contributed by atoms with E-state index >= 15 is 0 Å². The van der Waals surface area contributed by atoms with E-state index in [9.17, 15) is 14.7 Å². The van der Waals surface area contributed by atoms with Crippen molar-refractivity contribution in [3.05, 3.63) is 41.2 Å². The van der Waals surface area contributed by atoms with Crippen molar-refractivity contribution >= 4 is 17.6 Å². The normalized spacial score (nSPS) is 10.4. The number of carboxylic acid groups (broad SMARTS) is 1. The van der Waals surface area contributed by atoms with Gasteiger partial charge < -0.3 is 15.5 Å². The van der Waals surface area contributed by atoms with Gasteiger partial charge in [0.2, 0.25) is 0 Å². The van der Waals surface area contributed by atoms with Crippen molar-refractivity contribution in [1.82, 2.24) is 9.78 Å². The second-order valence-electron chi connectivity index (χ2n) is 4.48. The average Bonchev–Trinajstić information content (AvgIpc) is 2.82. The van der Waals surface area contributed by atoms with Crippen molar-refractivity contribution in [1.29, 1.82) is 0 Å². The number of carbonyl (C=O) groups is 2. The van der Waals surface area contributed by atoms with Gasteiger partial charge in [-0.15, -0.1) is 0 Å². The Morgan fingerprint density at radius 2 is 2.05 bits per heavy atom. The van der Waals surface area contributed by atoms with Crippen LogP contribution >= 0.6 is 0 Å². The summed E-state index contributed by atoms with van der Waals surface area (Å²) in [5.41, 5.74) is 0.796. The summed E-state index contributed by atoms with van der Waals surface area (Å²) in [5.74, 6) is -2.18. The van der Waals surface area contributed by atoms with E-state index < -0.39 is 17.6 Å². The highest BCUT2D eigenvalue weighted by atomic mass is 16.4. The first kappa shape index (κ1) is 14.6. The maximum atomic E-state index is 12.2. The van der Waals surface area contributed by atoms with Crippen LogP contribution in [-0.4, -0.2) is 31.9 Å². The van der Waals surface area contributed by atoms with Gasteiger partial charge in [0.05, 0.1) is 16.9 Å². The van der Waals surface area contributed by atoms with Crippen LogP contribution < -0.4 is 5.32 Å². The monoisotopic (exact) mass is 289 g/mol. The van der Waals surface area contributed by atoms with Gasteiger partial charge in [0.25, 0.3) is 5.91 Å². The molecule has 0 saturated heterocycles. The summed E-state index contributed by atoms with van der Waals surface area (Å²) in [7, 11) is 1.71. The van der Waals surface area contributed by atoms with Gasteiger partial charge in [-0.25, -0.2) is 4.79 Å². The van der Waals surface area contributed by atoms with Gasteiger partial charge >= 0.3 is 5.97 Å². The van der Waals surface area contributed by atoms with E-state index in [0.29, 0.717) is 17.7 Å². The van der Waals surface area contributed by atoms with Crippen molar-refractivity contribution in [2.45, 2.75) is 13.3 Å². The molecule has 0 aliphatic carbocycles. The predicted octanol–water partition coefficient (Wildman–Crippen LogP) is 1.64. The molecule has 0 saturated carbocycles. The van der Waals surface area contributed by atoms with Crippen LogP contribution in [-0.2, 0) is 13.5 Å². The first-order chi connectivity index (χ1) is 9.93. The highest BCUT2D eigenvalue weighted by Gasteiger charge is 2.18. The highest BCUT2D eigenvalue weighted by molar-refractivity contribution is 6.06. The molecule has 2 aromatic rings. The lowest BCUT2D eigenvalue weighted by molar-refractivity contribution is 0.0693. The number of aromatic carboxylic acids is 1. The van der Waals surface area contributed by atoms with Gasteiger partial charge in [-0.1, -0.05) is 13.0 Å². The molecular formula is C14H15N3O4. The second-order valence-corrected chi connectivity index (χ2v) is 4.48. The fourth-order valence-corrected chi connectivity index (χ4v) is 1.99. The number of amides is 1. The van der Waals surface area contributed by atoms with Gasteiger partial charge in [-0.3, -0.25) is 9.48 Å². The van der Waals surface area contributed by atoms with Crippen LogP contribution in [0.1, 0.15) is 33.3 Å². The molecule has 0 atom stereocenters. The molecule has 1 heterocycles. The molecule has 7 nitrogen and oxygen atoms in total. The lowest BCUT2D eigenvalue weighted by atomic mass is 10.1. The quantitative estimate of drug-likeness (QED) is 0.742. The Balaban J connectivity index is 2.32. The maximum absolute atomic E-state index is 12.2. The number of para-hydroxylation sites is 1. The predicted molar refractivity (Wildman–Crippen MR) is 75.6 cm³/mol. The van der Waals surface area contributed by atoms with Crippen LogP contribution in [0.15, 0.2) is 24.4 Å². The van der Waals surface area contributed by atoms with Crippen LogP contribution in [0, 0.1) is 0 Å². The summed E-state index contributed by atoms with van der Waals surface area (Å²) in [6.07, 6.45) is 2.16. The molecule has 0 unspecified atom stereocenters. The fraction of sp³-hybridized carbons (Fsp3) is 0.214. The smallest absolute Gasteiger partial charge is 0.339 e. The molecule has 0 bridgehead atoms. The van der Waals surface area contributed by atoms with Crippen molar-refractivity contribution in [3.63, 3.8) is 0 Å². The lowest BCUT2D eigenvalue weighted by Gasteiger charge is -2.08. The van der Waals surface area contributed by atoms with E-state index in [-0.39, 0.29) is 11.3 Å². The molecule has 1 amide bonds. The minimum atomic E-state index is -1.26. The topological polar surface area (TPSA) is 104 Å². The minimum Gasteiger partial charge on any atom is -0.505 e. The number of hydrogen-bond donors (Lipinski definition) is 3. The summed E-state index contributed by atoms with van der Waals surface area (Å²) >= 11 is 0. The van der Waals surface area contributed by atoms with Crippen LogP contribution in [0.5, 0.6) is 5.75 Å². The molecule has 0 fully saturated rings. The molecule has 0 spiro atoms. The second kappa shape index (κ2) is 5.66. The van der Waals surface area contributed by atoms with Crippen molar-refractivity contribution in [2.75, 3.05) is 5.32 Å². The number of anilines is 1. The molecular weight excluding hydrogens is 274 g/mol. The summed E-state index contributed by atoms with van der Waals surface area (Å²) in [4.78, 5) is 23.2. The molecule has 1 aromatic carbocycles. The van der Waals surface area contributed by atoms with E-state index in [1.807, 2.05) is 6.92 Å². The standard InChI is InChI=1S/C14H15N3O4/c1-3-10-9(7-17(2)16-10)13(19)15-11-6-4-5-8(12(11)18)14(20)21/h4-7,18H,3H2,1-2H3,(H,15,19)(H,20,21). The number of nitrogens with one attached hydrogen (secondary N) is 1. The number of benzene rings is 1. The third-order valence-corrected chi connectivity index (χ3v) is 3.00. The summed E-state index contributed by atoms with van der Waals surface area (Å²) in [5, 5.41) is 25.5. The number of aromatic hydroxyl groups is 1. The Hall–Kier alpha value is -2.83. The van der Waals surface area contributed by atoms with Gasteiger partial charge in [0, 0.05) is 13.2 Å². The van der Waals surface area contributed by atoms with Gasteiger partial charge in [-0.05, 0) is 18.6 Å². The van der Waals surface area contributed by atoms with Crippen molar-refractivity contribution in [2.24, 2.45) is 7.05 Å². The lowest BCUT2D eigenvalue weighted by Crippen LogP contribution is -2.14.